The Bertz CT molecular complexity index is 31.9. The number of nitrogens with one attached hydrogen (secondary N) is 1. The predicted molar refractivity (Wildman–Crippen MR) is 21.7 cm³/mol. The molecule has 0 heterocycles. The van der Waals surface area contributed by atoms with Crippen molar-refractivity contribution in [1.82, 2.24) is 5.43 Å². The smallest absolute Gasteiger partial charge is 0.106 e. The summed E-state index contributed by atoms with van der Waals surface area (Å²) >= 11 is 0. The van der Waals surface area contributed by atoms with E-state index in [9.17, 15) is 0 Å². The van der Waals surface area contributed by atoms with Crippen LogP contribution in [0.5, 0.6) is 0 Å². The van der Waals surface area contributed by atoms with Crippen molar-refractivity contribution in [2.24, 2.45) is 10.8 Å². The molecule has 0 atom stereocenters. The monoisotopic (exact) mass is 73.1 g/mol. The van der Waals surface area contributed by atoms with Gasteiger partial charge >= 0.3 is 0 Å². The summed E-state index contributed by atoms with van der Waals surface area (Å²) in [5.74, 6) is 0. The van der Waals surface area contributed by atoms with Gasteiger partial charge in [-0.1, -0.05) is 0 Å². The van der Waals surface area contributed by atoms with Gasteiger partial charge in [0.2, 0.25) is 0 Å². The van der Waals surface area contributed by atoms with Gasteiger partial charge in [-0.3, -0.25) is 0 Å². The topological polar surface area (TPSA) is 50.4 Å². The third kappa shape index (κ3) is 3.27. The van der Waals surface area contributed by atoms with Gasteiger partial charge < -0.3 is 11.2 Å². The fraction of sp³-hybridized carbons (Fsp3) is 0.500. The van der Waals surface area contributed by atoms with Crippen LogP contribution in [0.3, 0.4) is 0 Å². The highest BCUT2D eigenvalue weighted by Crippen LogP contribution is 1.33. The summed E-state index contributed by atoms with van der Waals surface area (Å²) < 4.78 is 0. The molecule has 0 unspecified atom stereocenters. The van der Waals surface area contributed by atoms with Crippen LogP contribution in [0.2, 0.25) is 0 Å². The normalized spacial score (nSPS) is 9.00. The minimum absolute atomic E-state index is 1.19. The van der Waals surface area contributed by atoms with E-state index in [1.165, 1.54) is 6.34 Å². The quantitative estimate of drug-likeness (QED) is 0.240. The van der Waals surface area contributed by atoms with Gasteiger partial charge in [-0.15, -0.1) is 0 Å². The van der Waals surface area contributed by atoms with Gasteiger partial charge in [0.1, 0.15) is 6.34 Å². The summed E-state index contributed by atoms with van der Waals surface area (Å²) in [6.45, 7) is 0. The maximum Gasteiger partial charge on any atom is 0.106 e. The van der Waals surface area contributed by atoms with Gasteiger partial charge in [0, 0.05) is 7.05 Å². The fourth-order valence-corrected chi connectivity index (χ4v) is 0.0745. The van der Waals surface area contributed by atoms with E-state index in [4.69, 9.17) is 5.73 Å². The lowest BCUT2D eigenvalue weighted by Gasteiger charge is -1.75. The first-order valence-electron chi connectivity index (χ1n) is 1.32. The van der Waals surface area contributed by atoms with Crippen molar-refractivity contribution in [3.63, 3.8) is 0 Å². The molecule has 0 fully saturated rings. The van der Waals surface area contributed by atoms with Crippen molar-refractivity contribution in [2.75, 3.05) is 7.05 Å². The summed E-state index contributed by atoms with van der Waals surface area (Å²) in [4.78, 5) is 0. The Kier molecular flexibility index (Phi) is 2.79. The summed E-state index contributed by atoms with van der Waals surface area (Å²) in [6, 6.07) is 0. The highest BCUT2D eigenvalue weighted by atomic mass is 15.3. The molecule has 0 aromatic heterocycles. The van der Waals surface area contributed by atoms with E-state index in [0.717, 1.165) is 0 Å². The highest BCUT2D eigenvalue weighted by molar-refractivity contribution is 5.50. The van der Waals surface area contributed by atoms with Crippen molar-refractivity contribution in [1.29, 1.82) is 0 Å². The first-order chi connectivity index (χ1) is 2.41. The second-order valence-electron chi connectivity index (χ2n) is 0.502. The van der Waals surface area contributed by atoms with Crippen LogP contribution in [0.1, 0.15) is 0 Å². The third-order valence-corrected chi connectivity index (χ3v) is 0.204. The van der Waals surface area contributed by atoms with Gasteiger partial charge in [0.25, 0.3) is 0 Å². The van der Waals surface area contributed by atoms with Crippen LogP contribution in [-0.4, -0.2) is 13.4 Å². The number of hydrogen-bond acceptors (Lipinski definition) is 2. The number of rotatable bonds is 1. The standard InChI is InChI=1S/C2H7N3/c1-4-5-2-3/h2,4H,1H3,(H2,3,5). The molecule has 0 aromatic rings. The zero-order valence-corrected chi connectivity index (χ0v) is 3.10. The molecule has 5 heavy (non-hydrogen) atoms. The first kappa shape index (κ1) is 4.27. The Hall–Kier alpha value is -0.730. The summed E-state index contributed by atoms with van der Waals surface area (Å²) in [6.07, 6.45) is 1.19. The third-order valence-electron chi connectivity index (χ3n) is 0.204. The highest BCUT2D eigenvalue weighted by Gasteiger charge is 1.44. The Morgan fingerprint density at radius 3 is 2.60 bits per heavy atom. The Balaban J connectivity index is 2.62. The van der Waals surface area contributed by atoms with Crippen LogP contribution >= 0.6 is 0 Å². The van der Waals surface area contributed by atoms with Crippen molar-refractivity contribution in [2.45, 2.75) is 0 Å². The average Bonchev–Trinajstić information content (AvgIpc) is 1.41. The molecule has 3 nitrogen and oxygen atoms in total. The van der Waals surface area contributed by atoms with Crippen molar-refractivity contribution < 1.29 is 0 Å². The molecule has 0 saturated heterocycles. The zero-order valence-electron chi connectivity index (χ0n) is 3.10. The van der Waals surface area contributed by atoms with Crippen molar-refractivity contribution >= 4 is 6.34 Å². The van der Waals surface area contributed by atoms with Gasteiger partial charge in [-0.2, -0.15) is 5.10 Å². The Labute approximate surface area is 30.9 Å². The lowest BCUT2D eigenvalue weighted by atomic mass is 11.4. The number of nitrogens with zero attached hydrogens (tertiary/aromatic N) is 1. The van der Waals surface area contributed by atoms with E-state index in [-0.39, 0.29) is 0 Å². The molecule has 0 aliphatic carbocycles. The fourth-order valence-electron chi connectivity index (χ4n) is 0.0745. The van der Waals surface area contributed by atoms with Crippen LogP contribution in [0.4, 0.5) is 0 Å². The molecule has 0 spiro atoms. The van der Waals surface area contributed by atoms with E-state index >= 15 is 0 Å². The van der Waals surface area contributed by atoms with E-state index in [0.29, 0.717) is 0 Å². The molecule has 0 bridgehead atoms. The Morgan fingerprint density at radius 2 is 2.60 bits per heavy atom. The molecule has 0 radical (unpaired) electrons. The molecule has 3 heteroatoms. The first-order valence-corrected chi connectivity index (χ1v) is 1.32. The van der Waals surface area contributed by atoms with E-state index in [2.05, 4.69) is 10.5 Å². The molecule has 3 N–H and O–H groups in total. The molecule has 0 amide bonds. The summed E-state index contributed by atoms with van der Waals surface area (Å²) in [7, 11) is 1.68. The SMILES string of the molecule is CN/N=C/N. The second-order valence-corrected chi connectivity index (χ2v) is 0.502. The van der Waals surface area contributed by atoms with Crippen molar-refractivity contribution in [3.05, 3.63) is 0 Å². The summed E-state index contributed by atoms with van der Waals surface area (Å²) in [5, 5.41) is 3.38. The van der Waals surface area contributed by atoms with Gasteiger partial charge in [0.15, 0.2) is 0 Å². The van der Waals surface area contributed by atoms with E-state index in [1.54, 1.807) is 7.05 Å². The minimum Gasteiger partial charge on any atom is -0.388 e. The molecular weight excluding hydrogens is 66.0 g/mol. The van der Waals surface area contributed by atoms with Crippen LogP contribution in [0.25, 0.3) is 0 Å². The number of nitrogens with two attached hydrogens (primary N) is 1. The van der Waals surface area contributed by atoms with Crippen LogP contribution in [0, 0.1) is 0 Å². The number of hydrazone groups is 1. The average molecular weight is 73.1 g/mol. The molecule has 30 valence electrons. The largest absolute Gasteiger partial charge is 0.388 e. The summed E-state index contributed by atoms with van der Waals surface area (Å²) in [5.41, 5.74) is 7.25. The zero-order chi connectivity index (χ0) is 4.12. The lowest BCUT2D eigenvalue weighted by Crippen LogP contribution is -1.98. The van der Waals surface area contributed by atoms with Gasteiger partial charge in [-0.25, -0.2) is 0 Å². The molecule has 0 aromatic carbocycles. The maximum atomic E-state index is 4.78. The molecular formula is C2H7N3. The van der Waals surface area contributed by atoms with Gasteiger partial charge in [-0.05, 0) is 0 Å². The van der Waals surface area contributed by atoms with Crippen molar-refractivity contribution in [3.8, 4) is 0 Å². The number of hydrogen-bond donors (Lipinski definition) is 2. The van der Waals surface area contributed by atoms with E-state index < -0.39 is 0 Å². The Morgan fingerprint density at radius 1 is 2.00 bits per heavy atom. The van der Waals surface area contributed by atoms with Crippen LogP contribution in [0.15, 0.2) is 5.10 Å². The van der Waals surface area contributed by atoms with Crippen LogP contribution < -0.4 is 11.2 Å². The van der Waals surface area contributed by atoms with Gasteiger partial charge in [0.05, 0.1) is 0 Å². The second kappa shape index (κ2) is 3.27. The van der Waals surface area contributed by atoms with E-state index in [1.807, 2.05) is 0 Å². The predicted octanol–water partition coefficient (Wildman–Crippen LogP) is -0.892. The molecule has 0 saturated carbocycles. The maximum absolute atomic E-state index is 4.78. The van der Waals surface area contributed by atoms with Crippen LogP contribution in [-0.2, 0) is 0 Å². The lowest BCUT2D eigenvalue weighted by molar-refractivity contribution is 0.905. The molecule has 0 rings (SSSR count). The molecule has 0 aliphatic rings. The molecule has 0 aliphatic heterocycles. The minimum atomic E-state index is 1.19.